The fourth-order valence-corrected chi connectivity index (χ4v) is 3.79. The van der Waals surface area contributed by atoms with E-state index in [4.69, 9.17) is 6.42 Å². The summed E-state index contributed by atoms with van der Waals surface area (Å²) >= 11 is 2.34. The molecule has 0 aromatic heterocycles. The largest absolute Gasteiger partial charge is 0.115 e. The van der Waals surface area contributed by atoms with Crippen molar-refractivity contribution in [2.45, 2.75) is 26.2 Å². The molecular formula is C22H19I. The first-order chi connectivity index (χ1) is 10.9. The summed E-state index contributed by atoms with van der Waals surface area (Å²) in [4.78, 5) is 0. The van der Waals surface area contributed by atoms with Gasteiger partial charge < -0.3 is 0 Å². The average Bonchev–Trinajstić information content (AvgIpc) is 2.73. The molecule has 0 radical (unpaired) electrons. The third-order valence-corrected chi connectivity index (χ3v) is 5.42. The summed E-state index contributed by atoms with van der Waals surface area (Å²) in [5.41, 5.74) is 7.85. The van der Waals surface area contributed by atoms with Crippen LogP contribution in [0.25, 0.3) is 16.7 Å². The first-order valence-electron chi connectivity index (χ1n) is 7.70. The van der Waals surface area contributed by atoms with Crippen LogP contribution < -0.4 is 0 Å². The van der Waals surface area contributed by atoms with Crippen LogP contribution >= 0.6 is 22.6 Å². The highest BCUT2D eigenvalue weighted by atomic mass is 127. The van der Waals surface area contributed by atoms with Gasteiger partial charge >= 0.3 is 0 Å². The molecule has 1 aliphatic carbocycles. The van der Waals surface area contributed by atoms with Crippen molar-refractivity contribution in [3.05, 3.63) is 74.9 Å². The lowest BCUT2D eigenvalue weighted by molar-refractivity contribution is 0.654. The maximum atomic E-state index is 5.40. The van der Waals surface area contributed by atoms with E-state index in [9.17, 15) is 0 Å². The van der Waals surface area contributed by atoms with Gasteiger partial charge in [-0.2, -0.15) is 0 Å². The molecule has 0 saturated heterocycles. The molecule has 2 aromatic carbocycles. The Balaban J connectivity index is 2.10. The van der Waals surface area contributed by atoms with Crippen molar-refractivity contribution in [1.29, 1.82) is 0 Å². The second kappa shape index (κ2) is 6.02. The van der Waals surface area contributed by atoms with Gasteiger partial charge in [0.25, 0.3) is 0 Å². The molecule has 0 fully saturated rings. The summed E-state index contributed by atoms with van der Waals surface area (Å²) in [5.74, 6) is 2.61. The monoisotopic (exact) mass is 410 g/mol. The summed E-state index contributed by atoms with van der Waals surface area (Å²) in [6.07, 6.45) is 9.28. The predicted molar refractivity (Wildman–Crippen MR) is 108 cm³/mol. The summed E-state index contributed by atoms with van der Waals surface area (Å²) in [5, 5.41) is 0. The Morgan fingerprint density at radius 1 is 1.04 bits per heavy atom. The van der Waals surface area contributed by atoms with Crippen molar-refractivity contribution < 1.29 is 0 Å². The smallest absolute Gasteiger partial charge is 0.0155 e. The normalized spacial score (nSPS) is 15.8. The van der Waals surface area contributed by atoms with E-state index in [2.05, 4.69) is 97.8 Å². The standard InChI is InChI=1S/C22H19I/c1-5-6-7-20-15(2)19-13-10-17(14-21(19)22(20,3)4)16-8-11-18(23)12-9-16/h1,6-14H,2-4H3/b7-6-. The van der Waals surface area contributed by atoms with Gasteiger partial charge in [-0.3, -0.25) is 0 Å². The number of allylic oxidation sites excluding steroid dienone is 4. The van der Waals surface area contributed by atoms with Gasteiger partial charge in [0.15, 0.2) is 0 Å². The minimum absolute atomic E-state index is 0.0218. The summed E-state index contributed by atoms with van der Waals surface area (Å²) in [7, 11) is 0. The summed E-state index contributed by atoms with van der Waals surface area (Å²) in [6.45, 7) is 6.74. The van der Waals surface area contributed by atoms with E-state index < -0.39 is 0 Å². The molecule has 0 aliphatic heterocycles. The Morgan fingerprint density at radius 2 is 1.70 bits per heavy atom. The number of rotatable bonds is 2. The predicted octanol–water partition coefficient (Wildman–Crippen LogP) is 6.21. The lowest BCUT2D eigenvalue weighted by Gasteiger charge is -2.23. The molecule has 2 aromatic rings. The molecule has 114 valence electrons. The van der Waals surface area contributed by atoms with Gasteiger partial charge in [-0.15, -0.1) is 6.42 Å². The zero-order valence-corrected chi connectivity index (χ0v) is 15.8. The van der Waals surface area contributed by atoms with Crippen molar-refractivity contribution in [3.63, 3.8) is 0 Å². The van der Waals surface area contributed by atoms with Crippen LogP contribution in [-0.4, -0.2) is 0 Å². The van der Waals surface area contributed by atoms with Gasteiger partial charge in [0, 0.05) is 8.99 Å². The Bertz CT molecular complexity index is 856. The summed E-state index contributed by atoms with van der Waals surface area (Å²) < 4.78 is 1.26. The van der Waals surface area contributed by atoms with Gasteiger partial charge in [0.2, 0.25) is 0 Å². The SMILES string of the molecule is C#C/C=C\C1=C(C)c2ccc(-c3ccc(I)cc3)cc2C1(C)C. The van der Waals surface area contributed by atoms with Crippen LogP contribution in [-0.2, 0) is 5.41 Å². The van der Waals surface area contributed by atoms with Gasteiger partial charge in [0.05, 0.1) is 0 Å². The number of fused-ring (bicyclic) bond motifs is 1. The highest BCUT2D eigenvalue weighted by Gasteiger charge is 2.34. The van der Waals surface area contributed by atoms with Crippen LogP contribution in [0.5, 0.6) is 0 Å². The van der Waals surface area contributed by atoms with Crippen molar-refractivity contribution in [1.82, 2.24) is 0 Å². The Labute approximate surface area is 152 Å². The van der Waals surface area contributed by atoms with E-state index in [0.717, 1.165) is 0 Å². The number of terminal acetylenes is 1. The van der Waals surface area contributed by atoms with Crippen LogP contribution in [0, 0.1) is 15.9 Å². The second-order valence-electron chi connectivity index (χ2n) is 6.43. The van der Waals surface area contributed by atoms with Crippen LogP contribution in [0.4, 0.5) is 0 Å². The molecule has 0 atom stereocenters. The molecule has 0 amide bonds. The maximum Gasteiger partial charge on any atom is 0.0155 e. The highest BCUT2D eigenvalue weighted by Crippen LogP contribution is 2.47. The Morgan fingerprint density at radius 3 is 2.35 bits per heavy atom. The molecule has 0 unspecified atom stereocenters. The van der Waals surface area contributed by atoms with E-state index in [0.29, 0.717) is 0 Å². The van der Waals surface area contributed by atoms with E-state index in [1.54, 1.807) is 6.08 Å². The molecule has 0 spiro atoms. The zero-order valence-electron chi connectivity index (χ0n) is 13.7. The molecule has 0 nitrogen and oxygen atoms in total. The number of hydrogen-bond acceptors (Lipinski definition) is 0. The van der Waals surface area contributed by atoms with Crippen molar-refractivity contribution in [2.75, 3.05) is 0 Å². The van der Waals surface area contributed by atoms with Crippen molar-refractivity contribution in [2.24, 2.45) is 0 Å². The lowest BCUT2D eigenvalue weighted by Crippen LogP contribution is -2.16. The number of hydrogen-bond donors (Lipinski definition) is 0. The molecule has 0 saturated carbocycles. The number of halogens is 1. The first kappa shape index (κ1) is 16.1. The van der Waals surface area contributed by atoms with E-state index in [-0.39, 0.29) is 5.41 Å². The van der Waals surface area contributed by atoms with Gasteiger partial charge in [-0.05, 0) is 93.3 Å². The van der Waals surface area contributed by atoms with Crippen molar-refractivity contribution in [3.8, 4) is 23.5 Å². The number of benzene rings is 2. The fourth-order valence-electron chi connectivity index (χ4n) is 3.43. The van der Waals surface area contributed by atoms with Gasteiger partial charge in [0.1, 0.15) is 0 Å². The van der Waals surface area contributed by atoms with Crippen LogP contribution in [0.2, 0.25) is 0 Å². The molecule has 1 heteroatoms. The van der Waals surface area contributed by atoms with Gasteiger partial charge in [-0.1, -0.05) is 44.0 Å². The molecule has 3 rings (SSSR count). The van der Waals surface area contributed by atoms with Crippen molar-refractivity contribution >= 4 is 28.2 Å². The summed E-state index contributed by atoms with van der Waals surface area (Å²) in [6, 6.07) is 15.5. The maximum absolute atomic E-state index is 5.40. The Hall–Kier alpha value is -1.79. The second-order valence-corrected chi connectivity index (χ2v) is 7.68. The van der Waals surface area contributed by atoms with Crippen LogP contribution in [0.1, 0.15) is 31.9 Å². The lowest BCUT2D eigenvalue weighted by atomic mass is 9.80. The quantitative estimate of drug-likeness (QED) is 0.408. The van der Waals surface area contributed by atoms with Crippen LogP contribution in [0.3, 0.4) is 0 Å². The molecule has 0 heterocycles. The van der Waals surface area contributed by atoms with E-state index in [1.165, 1.54) is 37.0 Å². The molecule has 1 aliphatic rings. The average molecular weight is 410 g/mol. The van der Waals surface area contributed by atoms with Gasteiger partial charge in [-0.25, -0.2) is 0 Å². The third kappa shape index (κ3) is 2.77. The van der Waals surface area contributed by atoms with Crippen LogP contribution in [0.15, 0.2) is 60.2 Å². The first-order valence-corrected chi connectivity index (χ1v) is 8.78. The molecular weight excluding hydrogens is 391 g/mol. The zero-order chi connectivity index (χ0) is 16.6. The topological polar surface area (TPSA) is 0 Å². The highest BCUT2D eigenvalue weighted by molar-refractivity contribution is 14.1. The third-order valence-electron chi connectivity index (χ3n) is 4.70. The minimum Gasteiger partial charge on any atom is -0.115 e. The van der Waals surface area contributed by atoms with E-state index >= 15 is 0 Å². The molecule has 0 N–H and O–H groups in total. The molecule has 23 heavy (non-hydrogen) atoms. The van der Waals surface area contributed by atoms with E-state index in [1.807, 2.05) is 0 Å². The fraction of sp³-hybridized carbons (Fsp3) is 0.182. The molecule has 0 bridgehead atoms. The Kier molecular flexibility index (Phi) is 4.21. The minimum atomic E-state index is -0.0218.